The molecule has 0 aliphatic rings. The third-order valence-electron chi connectivity index (χ3n) is 2.30. The predicted molar refractivity (Wildman–Crippen MR) is 58.3 cm³/mol. The number of aromatic nitrogens is 2. The number of benzene rings is 1. The maximum atomic E-state index is 11.5. The molecular formula is C10H10N2O4. The van der Waals surface area contributed by atoms with E-state index in [4.69, 9.17) is 9.47 Å². The van der Waals surface area contributed by atoms with Gasteiger partial charge < -0.3 is 9.47 Å². The molecule has 0 amide bonds. The van der Waals surface area contributed by atoms with Gasteiger partial charge in [-0.05, 0) is 12.1 Å². The number of hydrogen-bond donors (Lipinski definition) is 2. The zero-order valence-corrected chi connectivity index (χ0v) is 8.79. The Kier molecular flexibility index (Phi) is 2.40. The summed E-state index contributed by atoms with van der Waals surface area (Å²) in [6.07, 6.45) is 0. The van der Waals surface area contributed by atoms with Gasteiger partial charge in [-0.15, -0.1) is 0 Å². The predicted octanol–water partition coefficient (Wildman–Crippen LogP) is 0.234. The molecule has 0 atom stereocenters. The average molecular weight is 222 g/mol. The Hall–Kier alpha value is -2.24. The molecule has 0 unspecified atom stereocenters. The molecule has 2 N–H and O–H groups in total. The Morgan fingerprint density at radius 3 is 1.56 bits per heavy atom. The van der Waals surface area contributed by atoms with Crippen molar-refractivity contribution in [2.24, 2.45) is 0 Å². The van der Waals surface area contributed by atoms with Crippen molar-refractivity contribution in [1.29, 1.82) is 0 Å². The van der Waals surface area contributed by atoms with Crippen LogP contribution in [0.1, 0.15) is 0 Å². The van der Waals surface area contributed by atoms with E-state index >= 15 is 0 Å². The monoisotopic (exact) mass is 222 g/mol. The van der Waals surface area contributed by atoms with E-state index in [9.17, 15) is 9.59 Å². The average Bonchev–Trinajstić information content (AvgIpc) is 2.32. The van der Waals surface area contributed by atoms with E-state index in [2.05, 4.69) is 10.2 Å². The van der Waals surface area contributed by atoms with E-state index in [1.54, 1.807) is 0 Å². The van der Waals surface area contributed by atoms with E-state index in [1.807, 2.05) is 0 Å². The van der Waals surface area contributed by atoms with Crippen molar-refractivity contribution in [3.8, 4) is 11.5 Å². The van der Waals surface area contributed by atoms with Crippen molar-refractivity contribution in [3.63, 3.8) is 0 Å². The van der Waals surface area contributed by atoms with E-state index in [0.717, 1.165) is 0 Å². The molecule has 0 bridgehead atoms. The first kappa shape index (κ1) is 10.3. The van der Waals surface area contributed by atoms with Crippen LogP contribution in [-0.2, 0) is 0 Å². The van der Waals surface area contributed by atoms with Crippen LogP contribution in [0, 0.1) is 0 Å². The van der Waals surface area contributed by atoms with Crippen molar-refractivity contribution in [2.45, 2.75) is 0 Å². The molecule has 0 radical (unpaired) electrons. The van der Waals surface area contributed by atoms with Gasteiger partial charge in [0.1, 0.15) is 0 Å². The molecule has 84 valence electrons. The maximum absolute atomic E-state index is 11.5. The van der Waals surface area contributed by atoms with Gasteiger partial charge in [0.15, 0.2) is 11.5 Å². The fourth-order valence-electron chi connectivity index (χ4n) is 1.50. The lowest BCUT2D eigenvalue weighted by Gasteiger charge is -2.07. The first-order valence-corrected chi connectivity index (χ1v) is 4.54. The Morgan fingerprint density at radius 1 is 0.875 bits per heavy atom. The highest BCUT2D eigenvalue weighted by Crippen LogP contribution is 2.29. The van der Waals surface area contributed by atoms with Crippen LogP contribution in [0.25, 0.3) is 10.8 Å². The highest BCUT2D eigenvalue weighted by atomic mass is 16.5. The topological polar surface area (TPSA) is 84.2 Å². The number of rotatable bonds is 2. The lowest BCUT2D eigenvalue weighted by molar-refractivity contribution is 0.356. The van der Waals surface area contributed by atoms with Crippen LogP contribution >= 0.6 is 0 Å². The molecule has 1 aromatic heterocycles. The van der Waals surface area contributed by atoms with Gasteiger partial charge in [0.2, 0.25) is 0 Å². The number of hydrogen-bond acceptors (Lipinski definition) is 4. The van der Waals surface area contributed by atoms with Gasteiger partial charge in [-0.2, -0.15) is 0 Å². The second-order valence-electron chi connectivity index (χ2n) is 3.16. The summed E-state index contributed by atoms with van der Waals surface area (Å²) in [5, 5.41) is 5.01. The molecule has 2 rings (SSSR count). The van der Waals surface area contributed by atoms with Gasteiger partial charge in [-0.3, -0.25) is 19.8 Å². The van der Waals surface area contributed by atoms with E-state index in [0.29, 0.717) is 11.5 Å². The lowest BCUT2D eigenvalue weighted by Crippen LogP contribution is -2.19. The molecule has 6 nitrogen and oxygen atoms in total. The van der Waals surface area contributed by atoms with Crippen molar-refractivity contribution in [3.05, 3.63) is 32.8 Å². The second kappa shape index (κ2) is 3.73. The highest BCUT2D eigenvalue weighted by molar-refractivity contribution is 5.84. The Bertz CT molecular complexity index is 585. The summed E-state index contributed by atoms with van der Waals surface area (Å²) in [5.74, 6) is 0.817. The molecule has 0 saturated heterocycles. The Morgan fingerprint density at radius 2 is 1.25 bits per heavy atom. The first-order chi connectivity index (χ1) is 7.67. The molecule has 2 aromatic rings. The summed E-state index contributed by atoms with van der Waals surface area (Å²) in [5.41, 5.74) is -0.758. The van der Waals surface area contributed by atoms with Gasteiger partial charge >= 0.3 is 0 Å². The number of H-pyrrole nitrogens is 2. The Labute approximate surface area is 89.8 Å². The summed E-state index contributed by atoms with van der Waals surface area (Å²) < 4.78 is 10.1. The van der Waals surface area contributed by atoms with Crippen LogP contribution in [0.3, 0.4) is 0 Å². The molecule has 16 heavy (non-hydrogen) atoms. The molecule has 0 spiro atoms. The molecular weight excluding hydrogens is 212 g/mol. The van der Waals surface area contributed by atoms with E-state index in [-0.39, 0.29) is 21.9 Å². The van der Waals surface area contributed by atoms with Crippen molar-refractivity contribution < 1.29 is 9.47 Å². The van der Waals surface area contributed by atoms with Crippen LogP contribution in [0.15, 0.2) is 21.7 Å². The second-order valence-corrected chi connectivity index (χ2v) is 3.16. The van der Waals surface area contributed by atoms with Gasteiger partial charge in [-0.1, -0.05) is 0 Å². The lowest BCUT2D eigenvalue weighted by atomic mass is 10.2. The minimum absolute atomic E-state index is 0.265. The molecule has 1 heterocycles. The Balaban J connectivity index is 2.94. The van der Waals surface area contributed by atoms with Crippen LogP contribution < -0.4 is 20.6 Å². The van der Waals surface area contributed by atoms with E-state index < -0.39 is 0 Å². The number of aromatic amines is 2. The quantitative estimate of drug-likeness (QED) is 0.762. The summed E-state index contributed by atoms with van der Waals surface area (Å²) >= 11 is 0. The number of fused-ring (bicyclic) bond motifs is 1. The van der Waals surface area contributed by atoms with Gasteiger partial charge in [0.25, 0.3) is 11.1 Å². The third-order valence-corrected chi connectivity index (χ3v) is 2.30. The SMILES string of the molecule is COc1cc2c(=O)[nH][nH]c(=O)c2cc1OC. The smallest absolute Gasteiger partial charge is 0.270 e. The first-order valence-electron chi connectivity index (χ1n) is 4.54. The standard InChI is InChI=1S/C10H10N2O4/c1-15-7-3-5-6(4-8(7)16-2)10(14)12-11-9(5)13/h3-4H,1-2H3,(H,11,13)(H,12,14). The summed E-state index contributed by atoms with van der Waals surface area (Å²) in [4.78, 5) is 23.0. The molecule has 0 fully saturated rings. The molecule has 1 aromatic carbocycles. The fraction of sp³-hybridized carbons (Fsp3) is 0.200. The number of methoxy groups -OCH3 is 2. The van der Waals surface area contributed by atoms with Gasteiger partial charge in [-0.25, -0.2) is 0 Å². The van der Waals surface area contributed by atoms with E-state index in [1.165, 1.54) is 26.4 Å². The minimum Gasteiger partial charge on any atom is -0.493 e. The molecule has 0 saturated carbocycles. The molecule has 0 aliphatic carbocycles. The van der Waals surface area contributed by atoms with Gasteiger partial charge in [0, 0.05) is 0 Å². The minimum atomic E-state index is -0.379. The normalized spacial score (nSPS) is 10.4. The van der Waals surface area contributed by atoms with Crippen LogP contribution in [0.2, 0.25) is 0 Å². The van der Waals surface area contributed by atoms with Crippen LogP contribution in [0.5, 0.6) is 11.5 Å². The highest BCUT2D eigenvalue weighted by Gasteiger charge is 2.10. The number of nitrogens with one attached hydrogen (secondary N) is 2. The van der Waals surface area contributed by atoms with Crippen molar-refractivity contribution in [2.75, 3.05) is 14.2 Å². The van der Waals surface area contributed by atoms with Crippen LogP contribution in [-0.4, -0.2) is 24.4 Å². The van der Waals surface area contributed by atoms with Crippen molar-refractivity contribution >= 4 is 10.8 Å². The fourth-order valence-corrected chi connectivity index (χ4v) is 1.50. The zero-order chi connectivity index (χ0) is 11.7. The largest absolute Gasteiger partial charge is 0.493 e. The summed E-state index contributed by atoms with van der Waals surface area (Å²) in [6.45, 7) is 0. The zero-order valence-electron chi connectivity index (χ0n) is 8.79. The van der Waals surface area contributed by atoms with Crippen LogP contribution in [0.4, 0.5) is 0 Å². The molecule has 0 aliphatic heterocycles. The summed E-state index contributed by atoms with van der Waals surface area (Å²) in [7, 11) is 2.93. The third kappa shape index (κ3) is 1.44. The summed E-state index contributed by atoms with van der Waals surface area (Å²) in [6, 6.07) is 2.95. The molecule has 6 heteroatoms. The number of ether oxygens (including phenoxy) is 2. The van der Waals surface area contributed by atoms with Crippen molar-refractivity contribution in [1.82, 2.24) is 10.2 Å². The van der Waals surface area contributed by atoms with Gasteiger partial charge in [0.05, 0.1) is 25.0 Å². The maximum Gasteiger partial charge on any atom is 0.270 e.